The third kappa shape index (κ3) is 3.37. The molecule has 0 bridgehead atoms. The summed E-state index contributed by atoms with van der Waals surface area (Å²) >= 11 is 3.30. The van der Waals surface area contributed by atoms with Crippen LogP contribution in [0.15, 0.2) is 18.3 Å². The molecule has 0 N–H and O–H groups in total. The second kappa shape index (κ2) is 5.03. The minimum atomic E-state index is -4.37. The van der Waals surface area contributed by atoms with Gasteiger partial charge in [-0.15, -0.1) is 0 Å². The van der Waals surface area contributed by atoms with E-state index in [9.17, 15) is 13.2 Å². The fourth-order valence-electron chi connectivity index (χ4n) is 1.39. The second-order valence-corrected chi connectivity index (χ2v) is 5.10. The molecule has 0 amide bonds. The molecule has 1 heterocycles. The Morgan fingerprint density at radius 2 is 2.12 bits per heavy atom. The fraction of sp³-hybridized carbons (Fsp3) is 0.500. The molecule has 1 aromatic heterocycles. The number of anilines is 1. The highest BCUT2D eigenvalue weighted by atomic mass is 79.9. The van der Waals surface area contributed by atoms with Gasteiger partial charge in [0.1, 0.15) is 5.82 Å². The molecule has 2 nitrogen and oxygen atoms in total. The summed E-state index contributed by atoms with van der Waals surface area (Å²) in [6.07, 6.45) is -3.01. The van der Waals surface area contributed by atoms with Gasteiger partial charge in [0.2, 0.25) is 0 Å². The molecule has 1 unspecified atom stereocenters. The van der Waals surface area contributed by atoms with Gasteiger partial charge < -0.3 is 4.90 Å². The van der Waals surface area contributed by atoms with Crippen LogP contribution in [0.5, 0.6) is 0 Å². The molecule has 0 aliphatic carbocycles. The van der Waals surface area contributed by atoms with Gasteiger partial charge >= 0.3 is 6.18 Å². The van der Waals surface area contributed by atoms with Crippen LogP contribution in [0.1, 0.15) is 12.5 Å². The molecule has 0 spiro atoms. The molecular formula is C10H12BrF3N2. The van der Waals surface area contributed by atoms with E-state index in [1.807, 2.05) is 6.92 Å². The van der Waals surface area contributed by atoms with Gasteiger partial charge in [-0.05, 0) is 12.1 Å². The van der Waals surface area contributed by atoms with E-state index in [1.165, 1.54) is 17.2 Å². The summed E-state index contributed by atoms with van der Waals surface area (Å²) in [5.74, 6) is -0.0405. The van der Waals surface area contributed by atoms with Crippen LogP contribution in [0.25, 0.3) is 0 Å². The Hall–Kier alpha value is -0.780. The van der Waals surface area contributed by atoms with Crippen LogP contribution in [0.4, 0.5) is 19.0 Å². The first-order chi connectivity index (χ1) is 7.32. The molecule has 16 heavy (non-hydrogen) atoms. The van der Waals surface area contributed by atoms with Crippen LogP contribution in [-0.4, -0.2) is 23.4 Å². The second-order valence-electron chi connectivity index (χ2n) is 3.53. The first-order valence-electron chi connectivity index (χ1n) is 4.69. The zero-order chi connectivity index (χ0) is 12.3. The molecule has 0 saturated heterocycles. The monoisotopic (exact) mass is 296 g/mol. The van der Waals surface area contributed by atoms with Crippen LogP contribution >= 0.6 is 15.9 Å². The molecule has 0 radical (unpaired) electrons. The number of aromatic nitrogens is 1. The standard InChI is InChI=1S/C10H12BrF3N2/c1-7(11)6-16(2)9-8(10(12,13)14)4-3-5-15-9/h3-5,7H,6H2,1-2H3. The fourth-order valence-corrected chi connectivity index (χ4v) is 1.82. The summed E-state index contributed by atoms with van der Waals surface area (Å²) in [6.45, 7) is 2.33. The van der Waals surface area contributed by atoms with Gasteiger partial charge in [0.05, 0.1) is 5.56 Å². The third-order valence-electron chi connectivity index (χ3n) is 1.98. The van der Waals surface area contributed by atoms with E-state index in [4.69, 9.17) is 0 Å². The molecule has 0 saturated carbocycles. The van der Waals surface area contributed by atoms with Crippen LogP contribution in [0.3, 0.4) is 0 Å². The summed E-state index contributed by atoms with van der Waals surface area (Å²) in [5, 5.41) is 0. The lowest BCUT2D eigenvalue weighted by Crippen LogP contribution is -2.27. The van der Waals surface area contributed by atoms with Crippen molar-refractivity contribution in [3.63, 3.8) is 0 Å². The van der Waals surface area contributed by atoms with Crippen molar-refractivity contribution in [3.8, 4) is 0 Å². The zero-order valence-corrected chi connectivity index (χ0v) is 10.5. The van der Waals surface area contributed by atoms with Gasteiger partial charge in [0.25, 0.3) is 0 Å². The topological polar surface area (TPSA) is 16.1 Å². The maximum Gasteiger partial charge on any atom is 0.419 e. The van der Waals surface area contributed by atoms with E-state index < -0.39 is 11.7 Å². The van der Waals surface area contributed by atoms with Crippen LogP contribution in [-0.2, 0) is 6.18 Å². The normalized spacial score (nSPS) is 13.6. The Labute approximate surface area is 101 Å². The third-order valence-corrected chi connectivity index (χ3v) is 2.27. The van der Waals surface area contributed by atoms with Crippen molar-refractivity contribution in [1.82, 2.24) is 4.98 Å². The van der Waals surface area contributed by atoms with E-state index in [-0.39, 0.29) is 10.6 Å². The van der Waals surface area contributed by atoms with Crippen molar-refractivity contribution in [3.05, 3.63) is 23.9 Å². The van der Waals surface area contributed by atoms with Gasteiger partial charge in [-0.25, -0.2) is 4.98 Å². The lowest BCUT2D eigenvalue weighted by atomic mass is 10.2. The van der Waals surface area contributed by atoms with E-state index in [0.29, 0.717) is 6.54 Å². The van der Waals surface area contributed by atoms with Gasteiger partial charge in [-0.1, -0.05) is 22.9 Å². The maximum absolute atomic E-state index is 12.7. The highest BCUT2D eigenvalue weighted by Gasteiger charge is 2.35. The predicted octanol–water partition coefficient (Wildman–Crippen LogP) is 3.32. The number of alkyl halides is 4. The SMILES string of the molecule is CC(Br)CN(C)c1ncccc1C(F)(F)F. The maximum atomic E-state index is 12.7. The van der Waals surface area contributed by atoms with Crippen LogP contribution in [0, 0.1) is 0 Å². The van der Waals surface area contributed by atoms with Gasteiger partial charge in [0, 0.05) is 24.6 Å². The summed E-state index contributed by atoms with van der Waals surface area (Å²) in [5.41, 5.74) is -0.703. The van der Waals surface area contributed by atoms with E-state index in [0.717, 1.165) is 6.07 Å². The van der Waals surface area contributed by atoms with E-state index >= 15 is 0 Å². The zero-order valence-electron chi connectivity index (χ0n) is 8.92. The molecule has 1 rings (SSSR count). The van der Waals surface area contributed by atoms with Gasteiger partial charge in [-0.3, -0.25) is 0 Å². The lowest BCUT2D eigenvalue weighted by Gasteiger charge is -2.23. The van der Waals surface area contributed by atoms with E-state index in [1.54, 1.807) is 7.05 Å². The molecule has 0 aliphatic rings. The Kier molecular flexibility index (Phi) is 4.18. The highest BCUT2D eigenvalue weighted by Crippen LogP contribution is 2.34. The van der Waals surface area contributed by atoms with Crippen molar-refractivity contribution >= 4 is 21.7 Å². The molecule has 90 valence electrons. The molecule has 0 aliphatic heterocycles. The number of hydrogen-bond donors (Lipinski definition) is 0. The van der Waals surface area contributed by atoms with Gasteiger partial charge in [-0.2, -0.15) is 13.2 Å². The first-order valence-corrected chi connectivity index (χ1v) is 5.61. The summed E-state index contributed by atoms with van der Waals surface area (Å²) in [6, 6.07) is 2.33. The molecular weight excluding hydrogens is 285 g/mol. The largest absolute Gasteiger partial charge is 0.419 e. The average molecular weight is 297 g/mol. The number of rotatable bonds is 3. The Morgan fingerprint density at radius 1 is 1.50 bits per heavy atom. The van der Waals surface area contributed by atoms with Crippen molar-refractivity contribution in [1.29, 1.82) is 0 Å². The van der Waals surface area contributed by atoms with Crippen molar-refractivity contribution in [2.75, 3.05) is 18.5 Å². The smallest absolute Gasteiger partial charge is 0.358 e. The number of pyridine rings is 1. The van der Waals surface area contributed by atoms with Gasteiger partial charge in [0.15, 0.2) is 0 Å². The predicted molar refractivity (Wildman–Crippen MR) is 60.9 cm³/mol. The molecule has 0 fully saturated rings. The van der Waals surface area contributed by atoms with E-state index in [2.05, 4.69) is 20.9 Å². The number of nitrogens with zero attached hydrogens (tertiary/aromatic N) is 2. The van der Waals surface area contributed by atoms with Crippen molar-refractivity contribution in [2.24, 2.45) is 0 Å². The quantitative estimate of drug-likeness (QED) is 0.796. The minimum absolute atomic E-state index is 0.0405. The molecule has 1 aromatic rings. The van der Waals surface area contributed by atoms with Crippen molar-refractivity contribution in [2.45, 2.75) is 17.9 Å². The van der Waals surface area contributed by atoms with Crippen LogP contribution in [0.2, 0.25) is 0 Å². The number of hydrogen-bond acceptors (Lipinski definition) is 2. The summed E-state index contributed by atoms with van der Waals surface area (Å²) in [7, 11) is 1.59. The highest BCUT2D eigenvalue weighted by molar-refractivity contribution is 9.09. The summed E-state index contributed by atoms with van der Waals surface area (Å²) in [4.78, 5) is 5.37. The molecule has 1 atom stereocenters. The average Bonchev–Trinajstić information content (AvgIpc) is 2.15. The Bertz CT molecular complexity index is 352. The Balaban J connectivity index is 3.04. The molecule has 6 heteroatoms. The summed E-state index contributed by atoms with van der Waals surface area (Å²) < 4.78 is 38.0. The van der Waals surface area contributed by atoms with Crippen LogP contribution < -0.4 is 4.90 Å². The van der Waals surface area contributed by atoms with Crippen molar-refractivity contribution < 1.29 is 13.2 Å². The Morgan fingerprint density at radius 3 is 2.62 bits per heavy atom. The molecule has 0 aromatic carbocycles. The minimum Gasteiger partial charge on any atom is -0.358 e. The first kappa shape index (κ1) is 13.3. The number of halogens is 4. The lowest BCUT2D eigenvalue weighted by molar-refractivity contribution is -0.137.